The van der Waals surface area contributed by atoms with Crippen LogP contribution in [0.5, 0.6) is 0 Å². The molecule has 7 nitrogen and oxygen atoms in total. The van der Waals surface area contributed by atoms with E-state index in [0.29, 0.717) is 6.67 Å². The molecule has 7 heteroatoms. The molecule has 0 saturated heterocycles. The molecule has 0 aliphatic carbocycles. The molecule has 2 heterocycles. The highest BCUT2D eigenvalue weighted by atomic mass is 16.6. The molecule has 0 radical (unpaired) electrons. The van der Waals surface area contributed by atoms with Crippen molar-refractivity contribution in [2.45, 2.75) is 6.67 Å². The fourth-order valence-electron chi connectivity index (χ4n) is 1.24. The Morgan fingerprint density at radius 2 is 2.12 bits per heavy atom. The van der Waals surface area contributed by atoms with E-state index in [4.69, 9.17) is 0 Å². The zero-order chi connectivity index (χ0) is 11.4. The van der Waals surface area contributed by atoms with E-state index < -0.39 is 4.92 Å². The van der Waals surface area contributed by atoms with Crippen LogP contribution in [0.3, 0.4) is 0 Å². The highest BCUT2D eigenvalue weighted by Crippen LogP contribution is 2.09. The van der Waals surface area contributed by atoms with Gasteiger partial charge >= 0.3 is 5.95 Å². The molecule has 1 N–H and O–H groups in total. The Morgan fingerprint density at radius 1 is 1.38 bits per heavy atom. The first-order valence-corrected chi connectivity index (χ1v) is 4.57. The van der Waals surface area contributed by atoms with Gasteiger partial charge in [-0.3, -0.25) is 4.98 Å². The molecule has 0 aliphatic heterocycles. The summed E-state index contributed by atoms with van der Waals surface area (Å²) in [4.78, 5) is 17.6. The quantitative estimate of drug-likeness (QED) is 0.617. The number of nitrogens with one attached hydrogen (secondary N) is 1. The second kappa shape index (κ2) is 4.39. The standard InChI is InChI=1S/C9H9N5O2/c15-14(16)9-11-5-6-13(9)7-12-8-1-3-10-4-2-8/h1-6H,7H2,(H,10,12). The van der Waals surface area contributed by atoms with Gasteiger partial charge in [0.1, 0.15) is 19.1 Å². The molecule has 0 amide bonds. The van der Waals surface area contributed by atoms with Gasteiger partial charge < -0.3 is 15.4 Å². The largest absolute Gasteiger partial charge is 0.436 e. The first-order chi connectivity index (χ1) is 7.77. The molecule has 0 saturated carbocycles. The molecule has 82 valence electrons. The summed E-state index contributed by atoms with van der Waals surface area (Å²) in [5.41, 5.74) is 0.845. The number of nitrogens with zero attached hydrogens (tertiary/aromatic N) is 4. The fourth-order valence-corrected chi connectivity index (χ4v) is 1.24. The van der Waals surface area contributed by atoms with E-state index in [1.807, 2.05) is 0 Å². The minimum atomic E-state index is -0.520. The van der Waals surface area contributed by atoms with Gasteiger partial charge in [0.25, 0.3) is 0 Å². The van der Waals surface area contributed by atoms with Crippen molar-refractivity contribution in [2.75, 3.05) is 5.32 Å². The van der Waals surface area contributed by atoms with E-state index >= 15 is 0 Å². The molecule has 0 spiro atoms. The zero-order valence-electron chi connectivity index (χ0n) is 8.28. The van der Waals surface area contributed by atoms with E-state index in [1.165, 1.54) is 10.8 Å². The van der Waals surface area contributed by atoms with Crippen molar-refractivity contribution in [3.05, 3.63) is 47.0 Å². The molecule has 0 aliphatic rings. The number of imidazole rings is 1. The topological polar surface area (TPSA) is 85.9 Å². The predicted octanol–water partition coefficient (Wildman–Crippen LogP) is 1.26. The SMILES string of the molecule is O=[N+]([O-])c1nccn1CNc1ccncc1. The molecule has 2 rings (SSSR count). The van der Waals surface area contributed by atoms with Crippen LogP contribution in [0.2, 0.25) is 0 Å². The lowest BCUT2D eigenvalue weighted by atomic mass is 10.4. The van der Waals surface area contributed by atoms with Crippen LogP contribution in [0.25, 0.3) is 0 Å². The van der Waals surface area contributed by atoms with Crippen molar-refractivity contribution in [1.29, 1.82) is 0 Å². The highest BCUT2D eigenvalue weighted by molar-refractivity contribution is 5.40. The molecular formula is C9H9N5O2. The van der Waals surface area contributed by atoms with Crippen LogP contribution in [0.1, 0.15) is 0 Å². The summed E-state index contributed by atoms with van der Waals surface area (Å²) >= 11 is 0. The monoisotopic (exact) mass is 219 g/mol. The maximum atomic E-state index is 10.6. The van der Waals surface area contributed by atoms with Gasteiger partial charge in [0.15, 0.2) is 0 Å². The smallest absolute Gasteiger partial charge is 0.390 e. The summed E-state index contributed by atoms with van der Waals surface area (Å²) in [7, 11) is 0. The summed E-state index contributed by atoms with van der Waals surface area (Å²) in [6.07, 6.45) is 6.23. The van der Waals surface area contributed by atoms with Crippen molar-refractivity contribution in [1.82, 2.24) is 14.5 Å². The van der Waals surface area contributed by atoms with Gasteiger partial charge in [-0.25, -0.2) is 4.57 Å². The third-order valence-electron chi connectivity index (χ3n) is 1.99. The van der Waals surface area contributed by atoms with E-state index in [1.54, 1.807) is 30.7 Å². The molecule has 0 unspecified atom stereocenters. The zero-order valence-corrected chi connectivity index (χ0v) is 8.28. The second-order valence-electron chi connectivity index (χ2n) is 3.02. The summed E-state index contributed by atoms with van der Waals surface area (Å²) in [6.45, 7) is 0.292. The Hall–Kier alpha value is -2.44. The summed E-state index contributed by atoms with van der Waals surface area (Å²) < 4.78 is 1.42. The maximum Gasteiger partial charge on any atom is 0.436 e. The van der Waals surface area contributed by atoms with Crippen LogP contribution in [0.4, 0.5) is 11.6 Å². The molecule has 0 atom stereocenters. The van der Waals surface area contributed by atoms with Crippen LogP contribution < -0.4 is 5.32 Å². The van der Waals surface area contributed by atoms with Gasteiger partial charge in [-0.1, -0.05) is 4.98 Å². The Labute approximate surface area is 90.9 Å². The number of hydrogen-bond donors (Lipinski definition) is 1. The molecule has 2 aromatic heterocycles. The van der Waals surface area contributed by atoms with Gasteiger partial charge in [-0.2, -0.15) is 0 Å². The molecule has 0 aromatic carbocycles. The average molecular weight is 219 g/mol. The van der Waals surface area contributed by atoms with E-state index in [2.05, 4.69) is 15.3 Å². The van der Waals surface area contributed by atoms with Crippen LogP contribution in [-0.4, -0.2) is 19.5 Å². The number of hydrogen-bond acceptors (Lipinski definition) is 5. The van der Waals surface area contributed by atoms with Crippen LogP contribution in [0.15, 0.2) is 36.9 Å². The van der Waals surface area contributed by atoms with Crippen molar-refractivity contribution in [3.63, 3.8) is 0 Å². The molecule has 16 heavy (non-hydrogen) atoms. The van der Waals surface area contributed by atoms with Crippen molar-refractivity contribution in [2.24, 2.45) is 0 Å². The van der Waals surface area contributed by atoms with Gasteiger partial charge in [-0.15, -0.1) is 0 Å². The summed E-state index contributed by atoms with van der Waals surface area (Å²) in [6, 6.07) is 3.56. The van der Waals surface area contributed by atoms with E-state index in [9.17, 15) is 10.1 Å². The minimum absolute atomic E-state index is 0.179. The lowest BCUT2D eigenvalue weighted by Gasteiger charge is -2.04. The number of nitro groups is 1. The van der Waals surface area contributed by atoms with Gasteiger partial charge in [-0.05, 0) is 17.1 Å². The summed E-state index contributed by atoms with van der Waals surface area (Å²) in [5, 5.41) is 13.6. The number of aromatic nitrogens is 3. The maximum absolute atomic E-state index is 10.6. The molecule has 2 aromatic rings. The van der Waals surface area contributed by atoms with E-state index in [-0.39, 0.29) is 5.95 Å². The second-order valence-corrected chi connectivity index (χ2v) is 3.02. The van der Waals surface area contributed by atoms with Crippen LogP contribution in [0, 0.1) is 10.1 Å². The Bertz CT molecular complexity index is 482. The number of pyridine rings is 1. The highest BCUT2D eigenvalue weighted by Gasteiger charge is 2.12. The lowest BCUT2D eigenvalue weighted by molar-refractivity contribution is -0.396. The average Bonchev–Trinajstić information content (AvgIpc) is 2.76. The van der Waals surface area contributed by atoms with Gasteiger partial charge in [0.05, 0.1) is 0 Å². The first kappa shape index (κ1) is 10.1. The number of rotatable bonds is 4. The Kier molecular flexibility index (Phi) is 2.77. The fraction of sp³-hybridized carbons (Fsp3) is 0.111. The van der Waals surface area contributed by atoms with Crippen molar-refractivity contribution in [3.8, 4) is 0 Å². The minimum Gasteiger partial charge on any atom is -0.390 e. The van der Waals surface area contributed by atoms with Gasteiger partial charge in [0.2, 0.25) is 0 Å². The van der Waals surface area contributed by atoms with Gasteiger partial charge in [0, 0.05) is 18.1 Å². The van der Waals surface area contributed by atoms with E-state index in [0.717, 1.165) is 5.69 Å². The molecule has 0 bridgehead atoms. The first-order valence-electron chi connectivity index (χ1n) is 4.57. The molecular weight excluding hydrogens is 210 g/mol. The number of anilines is 1. The molecule has 0 fully saturated rings. The Balaban J connectivity index is 2.05. The summed E-state index contributed by atoms with van der Waals surface area (Å²) in [5.74, 6) is -0.179. The van der Waals surface area contributed by atoms with Crippen LogP contribution in [-0.2, 0) is 6.67 Å². The normalized spacial score (nSPS) is 10.0. The third-order valence-corrected chi connectivity index (χ3v) is 1.99. The van der Waals surface area contributed by atoms with Crippen molar-refractivity contribution < 1.29 is 4.92 Å². The Morgan fingerprint density at radius 3 is 2.81 bits per heavy atom. The van der Waals surface area contributed by atoms with Crippen molar-refractivity contribution >= 4 is 11.6 Å². The van der Waals surface area contributed by atoms with Crippen LogP contribution >= 0.6 is 0 Å². The third kappa shape index (κ3) is 2.14. The lowest BCUT2D eigenvalue weighted by Crippen LogP contribution is -2.09. The predicted molar refractivity (Wildman–Crippen MR) is 56.7 cm³/mol.